The molecular weight excluding hydrogens is 402 g/mol. The van der Waals surface area contributed by atoms with Gasteiger partial charge in [-0.2, -0.15) is 0 Å². The zero-order valence-electron chi connectivity index (χ0n) is 14.2. The molecule has 2 heterocycles. The molecule has 2 aliphatic heterocycles. The first kappa shape index (κ1) is 18.3. The van der Waals surface area contributed by atoms with Crippen LogP contribution in [0.2, 0.25) is 0 Å². The summed E-state index contributed by atoms with van der Waals surface area (Å²) in [5.41, 5.74) is 0.811. The van der Waals surface area contributed by atoms with Crippen molar-refractivity contribution < 1.29 is 29.3 Å². The standard InChI is InChI=1S/C19H13NO6S2/c21-13-9-11(2-3-12(13)18(23)24)20-17(22)16(28-19(20)27)8-10-1-4-14-15(7-10)26-6-5-25-14/h1-4,7-9,21H,5-6H2,(H,23,24). The number of carbonyl (C=O) groups excluding carboxylic acids is 1. The number of aromatic carboxylic acids is 1. The summed E-state index contributed by atoms with van der Waals surface area (Å²) in [5.74, 6) is -0.773. The summed E-state index contributed by atoms with van der Waals surface area (Å²) in [7, 11) is 0. The number of thiocarbonyl (C=S) groups is 1. The molecule has 0 aromatic heterocycles. The normalized spacial score (nSPS) is 17.3. The number of fused-ring (bicyclic) bond motifs is 1. The highest BCUT2D eigenvalue weighted by atomic mass is 32.2. The topological polar surface area (TPSA) is 96.3 Å². The van der Waals surface area contributed by atoms with E-state index in [1.807, 2.05) is 6.07 Å². The van der Waals surface area contributed by atoms with Crippen molar-refractivity contribution in [1.29, 1.82) is 0 Å². The first-order valence-corrected chi connectivity index (χ1v) is 9.40. The molecule has 2 N–H and O–H groups in total. The maximum Gasteiger partial charge on any atom is 0.339 e. The van der Waals surface area contributed by atoms with Crippen molar-refractivity contribution >= 4 is 51.9 Å². The number of thioether (sulfide) groups is 1. The summed E-state index contributed by atoms with van der Waals surface area (Å²) in [6.07, 6.45) is 1.70. The van der Waals surface area contributed by atoms with Gasteiger partial charge in [-0.25, -0.2) is 4.79 Å². The van der Waals surface area contributed by atoms with E-state index in [0.29, 0.717) is 35.3 Å². The van der Waals surface area contributed by atoms with Crippen molar-refractivity contribution in [3.8, 4) is 17.2 Å². The number of carbonyl (C=O) groups is 2. The summed E-state index contributed by atoms with van der Waals surface area (Å²) in [6, 6.07) is 9.25. The van der Waals surface area contributed by atoms with Crippen LogP contribution in [0.1, 0.15) is 15.9 Å². The molecular formula is C19H13NO6S2. The van der Waals surface area contributed by atoms with Crippen LogP contribution in [0.4, 0.5) is 5.69 Å². The highest BCUT2D eigenvalue weighted by molar-refractivity contribution is 8.27. The third-order valence-electron chi connectivity index (χ3n) is 4.13. The van der Waals surface area contributed by atoms with Gasteiger partial charge in [-0.1, -0.05) is 30.0 Å². The van der Waals surface area contributed by atoms with Crippen molar-refractivity contribution in [2.75, 3.05) is 18.1 Å². The second-order valence-electron chi connectivity index (χ2n) is 5.93. The van der Waals surface area contributed by atoms with Crippen LogP contribution in [0.15, 0.2) is 41.3 Å². The van der Waals surface area contributed by atoms with Gasteiger partial charge in [0.1, 0.15) is 24.5 Å². The van der Waals surface area contributed by atoms with E-state index in [4.69, 9.17) is 26.8 Å². The zero-order chi connectivity index (χ0) is 19.8. The molecule has 0 atom stereocenters. The second kappa shape index (κ2) is 7.17. The predicted octanol–water partition coefficient (Wildman–Crippen LogP) is 3.27. The summed E-state index contributed by atoms with van der Waals surface area (Å²) in [6.45, 7) is 0.965. The minimum atomic E-state index is -1.26. The van der Waals surface area contributed by atoms with Crippen molar-refractivity contribution in [1.82, 2.24) is 0 Å². The molecule has 7 nitrogen and oxygen atoms in total. The number of rotatable bonds is 3. The van der Waals surface area contributed by atoms with Gasteiger partial charge in [-0.3, -0.25) is 9.69 Å². The van der Waals surface area contributed by atoms with Gasteiger partial charge < -0.3 is 19.7 Å². The highest BCUT2D eigenvalue weighted by Gasteiger charge is 2.34. The molecule has 1 fully saturated rings. The smallest absolute Gasteiger partial charge is 0.339 e. The van der Waals surface area contributed by atoms with Crippen molar-refractivity contribution in [2.45, 2.75) is 0 Å². The fourth-order valence-corrected chi connectivity index (χ4v) is 4.13. The Hall–Kier alpha value is -3.04. The first-order valence-electron chi connectivity index (χ1n) is 8.18. The third-order valence-corrected chi connectivity index (χ3v) is 5.43. The molecule has 2 aliphatic rings. The van der Waals surface area contributed by atoms with Crippen LogP contribution in [0.5, 0.6) is 17.2 Å². The Balaban J connectivity index is 1.63. The van der Waals surface area contributed by atoms with E-state index in [9.17, 15) is 14.7 Å². The molecule has 28 heavy (non-hydrogen) atoms. The molecule has 0 aliphatic carbocycles. The van der Waals surface area contributed by atoms with Gasteiger partial charge in [0.25, 0.3) is 5.91 Å². The fourth-order valence-electron chi connectivity index (χ4n) is 2.83. The van der Waals surface area contributed by atoms with Crippen LogP contribution < -0.4 is 14.4 Å². The maximum absolute atomic E-state index is 12.8. The average Bonchev–Trinajstić information content (AvgIpc) is 2.94. The number of nitrogens with zero attached hydrogens (tertiary/aromatic N) is 1. The number of carboxylic acids is 1. The third kappa shape index (κ3) is 3.30. The average molecular weight is 415 g/mol. The molecule has 0 radical (unpaired) electrons. The van der Waals surface area contributed by atoms with E-state index in [1.165, 1.54) is 23.1 Å². The maximum atomic E-state index is 12.8. The predicted molar refractivity (Wildman–Crippen MR) is 108 cm³/mol. The molecule has 0 unspecified atom stereocenters. The molecule has 9 heteroatoms. The lowest BCUT2D eigenvalue weighted by Gasteiger charge is -2.18. The number of hydrogen-bond donors (Lipinski definition) is 2. The molecule has 1 amide bonds. The SMILES string of the molecule is O=C(O)c1ccc(N2C(=O)C(=Cc3ccc4c(c3)OCCO4)SC2=S)cc1O. The lowest BCUT2D eigenvalue weighted by Crippen LogP contribution is -2.27. The molecule has 1 saturated heterocycles. The van der Waals surface area contributed by atoms with Crippen molar-refractivity contribution in [3.05, 3.63) is 52.4 Å². The van der Waals surface area contributed by atoms with E-state index in [2.05, 4.69) is 0 Å². The van der Waals surface area contributed by atoms with Crippen molar-refractivity contribution in [3.63, 3.8) is 0 Å². The molecule has 4 rings (SSSR count). The van der Waals surface area contributed by atoms with Gasteiger partial charge in [-0.05, 0) is 35.9 Å². The van der Waals surface area contributed by atoms with Crippen LogP contribution in [0.3, 0.4) is 0 Å². The summed E-state index contributed by atoms with van der Waals surface area (Å²) in [4.78, 5) is 25.5. The van der Waals surface area contributed by atoms with Gasteiger partial charge >= 0.3 is 5.97 Å². The number of phenols is 1. The lowest BCUT2D eigenvalue weighted by molar-refractivity contribution is -0.113. The van der Waals surface area contributed by atoms with Crippen LogP contribution in [-0.2, 0) is 4.79 Å². The molecule has 142 valence electrons. The van der Waals surface area contributed by atoms with Gasteiger partial charge in [0.2, 0.25) is 0 Å². The van der Waals surface area contributed by atoms with Gasteiger partial charge in [-0.15, -0.1) is 0 Å². The molecule has 0 spiro atoms. The first-order chi connectivity index (χ1) is 13.4. The molecule has 0 saturated carbocycles. The Morgan fingerprint density at radius 3 is 2.61 bits per heavy atom. The number of hydrogen-bond acceptors (Lipinski definition) is 7. The van der Waals surface area contributed by atoms with Gasteiger partial charge in [0.05, 0.1) is 10.6 Å². The number of amides is 1. The van der Waals surface area contributed by atoms with Crippen LogP contribution in [-0.4, -0.2) is 39.6 Å². The van der Waals surface area contributed by atoms with E-state index in [0.717, 1.165) is 17.3 Å². The molecule has 2 aromatic carbocycles. The van der Waals surface area contributed by atoms with Crippen LogP contribution >= 0.6 is 24.0 Å². The number of anilines is 1. The quantitative estimate of drug-likeness (QED) is 0.583. The summed E-state index contributed by atoms with van der Waals surface area (Å²) >= 11 is 6.43. The monoisotopic (exact) mass is 415 g/mol. The number of aromatic hydroxyl groups is 1. The van der Waals surface area contributed by atoms with Gasteiger partial charge in [0, 0.05) is 6.07 Å². The lowest BCUT2D eigenvalue weighted by atomic mass is 10.1. The summed E-state index contributed by atoms with van der Waals surface area (Å²) in [5, 5.41) is 18.9. The van der Waals surface area contributed by atoms with Crippen LogP contribution in [0, 0.1) is 0 Å². The van der Waals surface area contributed by atoms with E-state index < -0.39 is 11.7 Å². The second-order valence-corrected chi connectivity index (χ2v) is 7.60. The Morgan fingerprint density at radius 2 is 1.89 bits per heavy atom. The molecule has 2 aromatic rings. The number of carboxylic acid groups (broad SMARTS) is 1. The van der Waals surface area contributed by atoms with E-state index >= 15 is 0 Å². The Bertz CT molecular complexity index is 1050. The minimum Gasteiger partial charge on any atom is -0.507 e. The highest BCUT2D eigenvalue weighted by Crippen LogP contribution is 2.38. The fraction of sp³-hybridized carbons (Fsp3) is 0.105. The van der Waals surface area contributed by atoms with E-state index in [1.54, 1.807) is 18.2 Å². The van der Waals surface area contributed by atoms with E-state index in [-0.39, 0.29) is 15.8 Å². The minimum absolute atomic E-state index is 0.249. The Labute approximate surface area is 169 Å². The molecule has 0 bridgehead atoms. The summed E-state index contributed by atoms with van der Waals surface area (Å²) < 4.78 is 11.3. The van der Waals surface area contributed by atoms with Gasteiger partial charge in [0.15, 0.2) is 15.8 Å². The number of ether oxygens (including phenoxy) is 2. The Morgan fingerprint density at radius 1 is 1.14 bits per heavy atom. The van der Waals surface area contributed by atoms with Crippen molar-refractivity contribution in [2.24, 2.45) is 0 Å². The zero-order valence-corrected chi connectivity index (χ0v) is 15.9. The van der Waals surface area contributed by atoms with Crippen LogP contribution in [0.25, 0.3) is 6.08 Å². The number of benzene rings is 2. The largest absolute Gasteiger partial charge is 0.507 e. The Kier molecular flexibility index (Phi) is 4.70.